The molecule has 15 heavy (non-hydrogen) atoms. The molecule has 1 aliphatic carbocycles. The molecule has 1 saturated carbocycles. The summed E-state index contributed by atoms with van der Waals surface area (Å²) in [7, 11) is 0. The van der Waals surface area contributed by atoms with E-state index in [4.69, 9.17) is 17.3 Å². The molecule has 1 aliphatic rings. The third-order valence-electron chi connectivity index (χ3n) is 2.51. The SMILES string of the molecule is Nc1cnc(NCC(O)C2CC2)c(Cl)c1. The number of aromatic nitrogens is 1. The Balaban J connectivity index is 1.92. The molecule has 0 saturated heterocycles. The first-order chi connectivity index (χ1) is 7.16. The standard InChI is InChI=1S/C10H14ClN3O/c11-8-3-7(12)4-13-10(8)14-5-9(15)6-1-2-6/h3-4,6,9,15H,1-2,5,12H2,(H,13,14). The van der Waals surface area contributed by atoms with Crippen molar-refractivity contribution in [2.45, 2.75) is 18.9 Å². The summed E-state index contributed by atoms with van der Waals surface area (Å²) in [6, 6.07) is 1.64. The zero-order valence-electron chi connectivity index (χ0n) is 8.28. The van der Waals surface area contributed by atoms with Gasteiger partial charge in [-0.15, -0.1) is 0 Å². The van der Waals surface area contributed by atoms with Crippen LogP contribution in [0, 0.1) is 5.92 Å². The van der Waals surface area contributed by atoms with Crippen molar-refractivity contribution in [2.75, 3.05) is 17.6 Å². The van der Waals surface area contributed by atoms with Gasteiger partial charge in [0, 0.05) is 6.54 Å². The van der Waals surface area contributed by atoms with E-state index in [9.17, 15) is 5.11 Å². The van der Waals surface area contributed by atoms with Gasteiger partial charge in [0.15, 0.2) is 0 Å². The molecule has 4 nitrogen and oxygen atoms in total. The Morgan fingerprint density at radius 1 is 1.67 bits per heavy atom. The highest BCUT2D eigenvalue weighted by Gasteiger charge is 2.29. The summed E-state index contributed by atoms with van der Waals surface area (Å²) in [6.45, 7) is 0.487. The van der Waals surface area contributed by atoms with Crippen molar-refractivity contribution in [3.63, 3.8) is 0 Å². The fourth-order valence-corrected chi connectivity index (χ4v) is 1.67. The van der Waals surface area contributed by atoms with Crippen LogP contribution >= 0.6 is 11.6 Å². The van der Waals surface area contributed by atoms with Gasteiger partial charge < -0.3 is 16.2 Å². The zero-order valence-corrected chi connectivity index (χ0v) is 9.04. The second-order valence-corrected chi connectivity index (χ2v) is 4.29. The first-order valence-corrected chi connectivity index (χ1v) is 5.37. The number of anilines is 2. The molecular weight excluding hydrogens is 214 g/mol. The monoisotopic (exact) mass is 227 g/mol. The number of nitrogens with one attached hydrogen (secondary N) is 1. The summed E-state index contributed by atoms with van der Waals surface area (Å²) in [4.78, 5) is 4.05. The zero-order chi connectivity index (χ0) is 10.8. The molecule has 1 unspecified atom stereocenters. The average molecular weight is 228 g/mol. The highest BCUT2D eigenvalue weighted by Crippen LogP contribution is 2.32. The summed E-state index contributed by atoms with van der Waals surface area (Å²) in [5, 5.41) is 13.1. The number of nitrogens with zero attached hydrogens (tertiary/aromatic N) is 1. The van der Waals surface area contributed by atoms with E-state index in [0.29, 0.717) is 29.0 Å². The number of hydrogen-bond acceptors (Lipinski definition) is 4. The molecule has 1 fully saturated rings. The van der Waals surface area contributed by atoms with Crippen LogP contribution in [-0.2, 0) is 0 Å². The van der Waals surface area contributed by atoms with Crippen molar-refractivity contribution in [3.8, 4) is 0 Å². The van der Waals surface area contributed by atoms with Gasteiger partial charge >= 0.3 is 0 Å². The number of nitrogens with two attached hydrogens (primary N) is 1. The maximum absolute atomic E-state index is 9.64. The molecule has 4 N–H and O–H groups in total. The molecule has 2 rings (SSSR count). The molecule has 5 heteroatoms. The first-order valence-electron chi connectivity index (χ1n) is 5.00. The van der Waals surface area contributed by atoms with E-state index in [1.54, 1.807) is 6.07 Å². The predicted molar refractivity (Wildman–Crippen MR) is 60.9 cm³/mol. The van der Waals surface area contributed by atoms with Gasteiger partial charge in [-0.25, -0.2) is 4.98 Å². The van der Waals surface area contributed by atoms with E-state index in [1.165, 1.54) is 6.20 Å². The van der Waals surface area contributed by atoms with Gasteiger partial charge in [0.1, 0.15) is 5.82 Å². The lowest BCUT2D eigenvalue weighted by Crippen LogP contribution is -2.21. The van der Waals surface area contributed by atoms with E-state index < -0.39 is 0 Å². The number of aliphatic hydroxyl groups is 1. The highest BCUT2D eigenvalue weighted by atomic mass is 35.5. The van der Waals surface area contributed by atoms with Crippen molar-refractivity contribution >= 4 is 23.1 Å². The van der Waals surface area contributed by atoms with E-state index in [2.05, 4.69) is 10.3 Å². The second kappa shape index (κ2) is 4.24. The molecule has 1 aromatic rings. The number of pyridine rings is 1. The number of nitrogen functional groups attached to an aromatic ring is 1. The summed E-state index contributed by atoms with van der Waals surface area (Å²) >= 11 is 5.92. The molecule has 0 amide bonds. The molecule has 1 aromatic heterocycles. The molecule has 0 radical (unpaired) electrons. The lowest BCUT2D eigenvalue weighted by molar-refractivity contribution is 0.164. The minimum atomic E-state index is -0.305. The van der Waals surface area contributed by atoms with Crippen LogP contribution in [0.4, 0.5) is 11.5 Å². The van der Waals surface area contributed by atoms with Crippen LogP contribution in [0.1, 0.15) is 12.8 Å². The molecule has 0 spiro atoms. The molecule has 0 aromatic carbocycles. The smallest absolute Gasteiger partial charge is 0.145 e. The van der Waals surface area contributed by atoms with E-state index in [1.807, 2.05) is 0 Å². The van der Waals surface area contributed by atoms with Crippen LogP contribution in [0.3, 0.4) is 0 Å². The molecule has 0 bridgehead atoms. The maximum atomic E-state index is 9.64. The van der Waals surface area contributed by atoms with Gasteiger partial charge in [-0.3, -0.25) is 0 Å². The van der Waals surface area contributed by atoms with Gasteiger partial charge in [0.2, 0.25) is 0 Å². The van der Waals surface area contributed by atoms with Gasteiger partial charge in [0.25, 0.3) is 0 Å². The van der Waals surface area contributed by atoms with Crippen molar-refractivity contribution in [1.82, 2.24) is 4.98 Å². The van der Waals surface area contributed by atoms with Gasteiger partial charge in [-0.2, -0.15) is 0 Å². The second-order valence-electron chi connectivity index (χ2n) is 3.88. The third-order valence-corrected chi connectivity index (χ3v) is 2.80. The van der Waals surface area contributed by atoms with Crippen LogP contribution < -0.4 is 11.1 Å². The summed E-state index contributed by atoms with van der Waals surface area (Å²) < 4.78 is 0. The van der Waals surface area contributed by atoms with Crippen LogP contribution in [0.2, 0.25) is 5.02 Å². The van der Waals surface area contributed by atoms with Crippen LogP contribution in [-0.4, -0.2) is 22.7 Å². The number of aliphatic hydroxyl groups excluding tert-OH is 1. The Hall–Kier alpha value is -1.00. The van der Waals surface area contributed by atoms with Crippen LogP contribution in [0.5, 0.6) is 0 Å². The van der Waals surface area contributed by atoms with Crippen molar-refractivity contribution in [1.29, 1.82) is 0 Å². The first kappa shape index (κ1) is 10.5. The number of rotatable bonds is 4. The Bertz CT molecular complexity index is 355. The molecule has 0 aliphatic heterocycles. The van der Waals surface area contributed by atoms with E-state index in [-0.39, 0.29) is 6.10 Å². The Morgan fingerprint density at radius 2 is 2.40 bits per heavy atom. The minimum Gasteiger partial charge on any atom is -0.397 e. The summed E-state index contributed by atoms with van der Waals surface area (Å²) in [5.74, 6) is 1.02. The summed E-state index contributed by atoms with van der Waals surface area (Å²) in [5.41, 5.74) is 6.05. The maximum Gasteiger partial charge on any atom is 0.145 e. The molecule has 1 heterocycles. The van der Waals surface area contributed by atoms with Crippen LogP contribution in [0.15, 0.2) is 12.3 Å². The largest absolute Gasteiger partial charge is 0.397 e. The molecule has 82 valence electrons. The van der Waals surface area contributed by atoms with Crippen molar-refractivity contribution in [3.05, 3.63) is 17.3 Å². The summed E-state index contributed by atoms with van der Waals surface area (Å²) in [6.07, 6.45) is 3.47. The van der Waals surface area contributed by atoms with Crippen molar-refractivity contribution < 1.29 is 5.11 Å². The van der Waals surface area contributed by atoms with Gasteiger partial charge in [0.05, 0.1) is 23.0 Å². The van der Waals surface area contributed by atoms with Crippen molar-refractivity contribution in [2.24, 2.45) is 5.92 Å². The normalized spacial score (nSPS) is 17.5. The topological polar surface area (TPSA) is 71.2 Å². The van der Waals surface area contributed by atoms with E-state index in [0.717, 1.165) is 12.8 Å². The predicted octanol–water partition coefficient (Wildman–Crippen LogP) is 1.50. The third kappa shape index (κ3) is 2.73. The Labute approximate surface area is 93.5 Å². The molecule has 1 atom stereocenters. The molecular formula is C10H14ClN3O. The Morgan fingerprint density at radius 3 is 3.00 bits per heavy atom. The number of halogens is 1. The van der Waals surface area contributed by atoms with Gasteiger partial charge in [-0.1, -0.05) is 11.6 Å². The quantitative estimate of drug-likeness (QED) is 0.729. The van der Waals surface area contributed by atoms with E-state index >= 15 is 0 Å². The lowest BCUT2D eigenvalue weighted by Gasteiger charge is -2.12. The van der Waals surface area contributed by atoms with Crippen LogP contribution in [0.25, 0.3) is 0 Å². The Kier molecular flexibility index (Phi) is 2.98. The highest BCUT2D eigenvalue weighted by molar-refractivity contribution is 6.33. The average Bonchev–Trinajstić information content (AvgIpc) is 2.99. The number of hydrogen-bond donors (Lipinski definition) is 3. The fourth-order valence-electron chi connectivity index (χ4n) is 1.43. The minimum absolute atomic E-state index is 0.305. The van der Waals surface area contributed by atoms with Gasteiger partial charge in [-0.05, 0) is 24.8 Å². The lowest BCUT2D eigenvalue weighted by atomic mass is 10.2. The fraction of sp³-hybridized carbons (Fsp3) is 0.500.